The van der Waals surface area contributed by atoms with Gasteiger partial charge in [0.05, 0.1) is 16.3 Å². The Hall–Kier alpha value is -2.99. The topological polar surface area (TPSA) is 153 Å². The maximum atomic E-state index is 13.2. The van der Waals surface area contributed by atoms with Crippen LogP contribution in [0.1, 0.15) is 27.4 Å². The number of sulfonamides is 1. The normalized spacial score (nSPS) is 18.0. The number of rotatable bonds is 4. The molecule has 1 saturated heterocycles. The van der Waals surface area contributed by atoms with Gasteiger partial charge in [-0.25, -0.2) is 21.2 Å². The minimum absolute atomic E-state index is 0.0306. The molecule has 1 unspecified atom stereocenters. The first-order valence-electron chi connectivity index (χ1n) is 9.04. The van der Waals surface area contributed by atoms with E-state index in [9.17, 15) is 26.0 Å². The average Bonchev–Trinajstić information content (AvgIpc) is 2.95. The molecule has 1 aliphatic rings. The van der Waals surface area contributed by atoms with Crippen LogP contribution in [0.4, 0.5) is 10.1 Å². The van der Waals surface area contributed by atoms with Gasteiger partial charge < -0.3 is 11.5 Å². The Balaban J connectivity index is 2.13. The number of nitrogens with two attached hydrogens (primary N) is 2. The minimum Gasteiger partial charge on any atom is -0.370 e. The van der Waals surface area contributed by atoms with Crippen molar-refractivity contribution in [3.63, 3.8) is 0 Å². The van der Waals surface area contributed by atoms with Gasteiger partial charge in [0.25, 0.3) is 5.91 Å². The third-order valence-corrected chi connectivity index (χ3v) is 7.88. The molecule has 0 bridgehead atoms. The number of halogens is 1. The molecule has 0 saturated carbocycles. The second-order valence-corrected chi connectivity index (χ2v) is 11.2. The molecule has 3 rings (SSSR count). The maximum Gasteiger partial charge on any atom is 0.280 e. The first-order valence-corrected chi connectivity index (χ1v) is 12.5. The van der Waals surface area contributed by atoms with Gasteiger partial charge in [0.1, 0.15) is 5.82 Å². The Morgan fingerprint density at radius 1 is 1.19 bits per heavy atom. The standard InChI is InChI=1S/C19H21FN4O5S2/c1-11-7-16(17(30(2,26)27)8-15(11)18(25)23-19(21)22)24-9-13(10-31(24,28)29)12-3-5-14(20)6-4-12/h3-8,13H,9-10H2,1-2H3,(H4,21,22,23,25). The summed E-state index contributed by atoms with van der Waals surface area (Å²) in [5.41, 5.74) is 11.2. The van der Waals surface area contributed by atoms with Gasteiger partial charge in [0.2, 0.25) is 10.0 Å². The van der Waals surface area contributed by atoms with E-state index in [-0.39, 0.29) is 28.4 Å². The van der Waals surface area contributed by atoms with Crippen molar-refractivity contribution in [3.05, 3.63) is 58.9 Å². The number of aliphatic imine (C=N–C) groups is 1. The molecule has 1 atom stereocenters. The Morgan fingerprint density at radius 2 is 1.81 bits per heavy atom. The lowest BCUT2D eigenvalue weighted by Crippen LogP contribution is -2.27. The van der Waals surface area contributed by atoms with Crippen molar-refractivity contribution in [2.75, 3.05) is 22.9 Å². The van der Waals surface area contributed by atoms with Crippen LogP contribution < -0.4 is 15.8 Å². The summed E-state index contributed by atoms with van der Waals surface area (Å²) in [5.74, 6) is -2.53. The number of amides is 1. The summed E-state index contributed by atoms with van der Waals surface area (Å²) in [5, 5.41) is 0. The SMILES string of the molecule is Cc1cc(N2CC(c3ccc(F)cc3)CS2(=O)=O)c(S(C)(=O)=O)cc1C(=O)N=C(N)N. The molecule has 12 heteroatoms. The predicted octanol–water partition coefficient (Wildman–Crippen LogP) is 0.885. The zero-order valence-corrected chi connectivity index (χ0v) is 18.4. The molecule has 4 N–H and O–H groups in total. The number of hydrogen-bond acceptors (Lipinski definition) is 5. The van der Waals surface area contributed by atoms with Crippen molar-refractivity contribution < 1.29 is 26.0 Å². The van der Waals surface area contributed by atoms with Crippen molar-refractivity contribution >= 4 is 37.4 Å². The second-order valence-electron chi connectivity index (χ2n) is 7.31. The summed E-state index contributed by atoms with van der Waals surface area (Å²) in [6, 6.07) is 7.87. The van der Waals surface area contributed by atoms with E-state index >= 15 is 0 Å². The van der Waals surface area contributed by atoms with Gasteiger partial charge in [0, 0.05) is 24.3 Å². The number of anilines is 1. The van der Waals surface area contributed by atoms with Gasteiger partial charge in [-0.3, -0.25) is 9.10 Å². The zero-order valence-electron chi connectivity index (χ0n) is 16.7. The molecule has 31 heavy (non-hydrogen) atoms. The van der Waals surface area contributed by atoms with E-state index in [1.165, 1.54) is 37.3 Å². The highest BCUT2D eigenvalue weighted by Crippen LogP contribution is 2.37. The first-order chi connectivity index (χ1) is 14.3. The molecule has 0 spiro atoms. The van der Waals surface area contributed by atoms with Gasteiger partial charge in [-0.15, -0.1) is 0 Å². The van der Waals surface area contributed by atoms with E-state index < -0.39 is 43.5 Å². The molecule has 1 amide bonds. The van der Waals surface area contributed by atoms with Crippen LogP contribution in [0.3, 0.4) is 0 Å². The summed E-state index contributed by atoms with van der Waals surface area (Å²) in [6.07, 6.45) is 0.913. The van der Waals surface area contributed by atoms with E-state index in [1.54, 1.807) is 0 Å². The highest BCUT2D eigenvalue weighted by molar-refractivity contribution is 7.93. The molecule has 2 aromatic carbocycles. The van der Waals surface area contributed by atoms with Crippen molar-refractivity contribution in [1.29, 1.82) is 0 Å². The summed E-state index contributed by atoms with van der Waals surface area (Å²) < 4.78 is 65.0. The molecule has 0 radical (unpaired) electrons. The highest BCUT2D eigenvalue weighted by Gasteiger charge is 2.39. The summed E-state index contributed by atoms with van der Waals surface area (Å²) in [7, 11) is -7.81. The lowest BCUT2D eigenvalue weighted by atomic mass is 10.0. The Bertz CT molecular complexity index is 1290. The van der Waals surface area contributed by atoms with Crippen LogP contribution in [0, 0.1) is 12.7 Å². The molecule has 1 fully saturated rings. The fraction of sp³-hybridized carbons (Fsp3) is 0.263. The molecular formula is C19H21FN4O5S2. The quantitative estimate of drug-likeness (QED) is 0.499. The van der Waals surface area contributed by atoms with Crippen molar-refractivity contribution in [1.82, 2.24) is 0 Å². The number of aryl methyl sites for hydroxylation is 1. The van der Waals surface area contributed by atoms with Gasteiger partial charge in [-0.1, -0.05) is 12.1 Å². The minimum atomic E-state index is -3.93. The van der Waals surface area contributed by atoms with Gasteiger partial charge >= 0.3 is 0 Å². The Kier molecular flexibility index (Phi) is 5.80. The Morgan fingerprint density at radius 3 is 2.35 bits per heavy atom. The number of hydrogen-bond donors (Lipinski definition) is 2. The van der Waals surface area contributed by atoms with Gasteiger partial charge in [-0.05, 0) is 42.3 Å². The van der Waals surface area contributed by atoms with Crippen LogP contribution in [0.25, 0.3) is 0 Å². The molecule has 1 heterocycles. The van der Waals surface area contributed by atoms with Gasteiger partial charge in [-0.2, -0.15) is 4.99 Å². The van der Waals surface area contributed by atoms with Crippen LogP contribution >= 0.6 is 0 Å². The summed E-state index contributed by atoms with van der Waals surface area (Å²) in [6.45, 7) is 1.49. The smallest absolute Gasteiger partial charge is 0.280 e. The number of benzene rings is 2. The van der Waals surface area contributed by atoms with Crippen molar-refractivity contribution in [2.24, 2.45) is 16.5 Å². The number of sulfone groups is 1. The lowest BCUT2D eigenvalue weighted by Gasteiger charge is -2.22. The summed E-state index contributed by atoms with van der Waals surface area (Å²) >= 11 is 0. The molecule has 0 aromatic heterocycles. The first kappa shape index (κ1) is 22.7. The largest absolute Gasteiger partial charge is 0.370 e. The van der Waals surface area contributed by atoms with E-state index in [4.69, 9.17) is 11.5 Å². The predicted molar refractivity (Wildman–Crippen MR) is 115 cm³/mol. The highest BCUT2D eigenvalue weighted by atomic mass is 32.2. The van der Waals surface area contributed by atoms with Crippen LogP contribution in [-0.2, 0) is 19.9 Å². The number of carbonyl (C=O) groups excluding carboxylic acids is 1. The lowest BCUT2D eigenvalue weighted by molar-refractivity contribution is 0.100. The summed E-state index contributed by atoms with van der Waals surface area (Å²) in [4.78, 5) is 15.4. The van der Waals surface area contributed by atoms with E-state index in [0.717, 1.165) is 16.6 Å². The molecule has 9 nitrogen and oxygen atoms in total. The molecule has 0 aliphatic carbocycles. The average molecular weight is 469 g/mol. The number of nitrogens with zero attached hydrogens (tertiary/aromatic N) is 2. The van der Waals surface area contributed by atoms with Crippen LogP contribution in [0.5, 0.6) is 0 Å². The zero-order chi connectivity index (χ0) is 23.1. The van der Waals surface area contributed by atoms with E-state index in [0.29, 0.717) is 11.1 Å². The monoisotopic (exact) mass is 468 g/mol. The number of guanidine groups is 1. The molecule has 1 aliphatic heterocycles. The number of carbonyl (C=O) groups is 1. The second kappa shape index (κ2) is 7.93. The third-order valence-electron chi connectivity index (χ3n) is 4.91. The fourth-order valence-corrected chi connectivity index (χ4v) is 6.25. The molecule has 2 aromatic rings. The van der Waals surface area contributed by atoms with Crippen LogP contribution in [0.15, 0.2) is 46.3 Å². The molecular weight excluding hydrogens is 447 g/mol. The van der Waals surface area contributed by atoms with Crippen LogP contribution in [-0.4, -0.2) is 47.3 Å². The maximum absolute atomic E-state index is 13.2. The van der Waals surface area contributed by atoms with E-state index in [1.807, 2.05) is 0 Å². The fourth-order valence-electron chi connectivity index (χ4n) is 3.47. The van der Waals surface area contributed by atoms with Crippen molar-refractivity contribution in [2.45, 2.75) is 17.7 Å². The van der Waals surface area contributed by atoms with E-state index in [2.05, 4.69) is 4.99 Å². The van der Waals surface area contributed by atoms with Crippen molar-refractivity contribution in [3.8, 4) is 0 Å². The van der Waals surface area contributed by atoms with Crippen LogP contribution in [0.2, 0.25) is 0 Å². The molecule has 166 valence electrons. The Labute approximate surface area is 179 Å². The third kappa shape index (κ3) is 4.69. The van der Waals surface area contributed by atoms with Gasteiger partial charge in [0.15, 0.2) is 15.8 Å².